The van der Waals surface area contributed by atoms with Crippen LogP contribution in [-0.2, 0) is 9.84 Å². The number of hydrogen-bond donors (Lipinski definition) is 3. The molecule has 2 heterocycles. The molecule has 0 radical (unpaired) electrons. The highest BCUT2D eigenvalue weighted by molar-refractivity contribution is 7.91. The van der Waals surface area contributed by atoms with Gasteiger partial charge in [0.05, 0.1) is 35.9 Å². The summed E-state index contributed by atoms with van der Waals surface area (Å²) in [5.41, 5.74) is 0. The second-order valence-corrected chi connectivity index (χ2v) is 6.45. The fourth-order valence-electron chi connectivity index (χ4n) is 2.23. The number of aliphatic hydroxyl groups is 3. The molecular formula is C8H15NO5S. The van der Waals surface area contributed by atoms with Crippen molar-refractivity contribution in [3.8, 4) is 0 Å². The van der Waals surface area contributed by atoms with Crippen LogP contribution in [0.3, 0.4) is 0 Å². The Morgan fingerprint density at radius 3 is 1.87 bits per heavy atom. The summed E-state index contributed by atoms with van der Waals surface area (Å²) in [6.07, 6.45) is -2.60. The highest BCUT2D eigenvalue weighted by Crippen LogP contribution is 2.22. The van der Waals surface area contributed by atoms with Crippen molar-refractivity contribution in [1.29, 1.82) is 0 Å². The summed E-state index contributed by atoms with van der Waals surface area (Å²) in [7, 11) is -3.17. The molecule has 88 valence electrons. The molecule has 2 unspecified atom stereocenters. The van der Waals surface area contributed by atoms with Gasteiger partial charge in [0.2, 0.25) is 0 Å². The molecule has 0 aromatic carbocycles. The maximum atomic E-state index is 11.3. The largest absolute Gasteiger partial charge is 0.390 e. The van der Waals surface area contributed by atoms with Crippen molar-refractivity contribution in [2.75, 3.05) is 24.6 Å². The lowest BCUT2D eigenvalue weighted by atomic mass is 10.2. The van der Waals surface area contributed by atoms with E-state index in [1.54, 1.807) is 4.90 Å². The second-order valence-electron chi connectivity index (χ2n) is 4.30. The van der Waals surface area contributed by atoms with Gasteiger partial charge in [-0.15, -0.1) is 0 Å². The zero-order valence-corrected chi connectivity index (χ0v) is 8.97. The molecule has 7 heteroatoms. The summed E-state index contributed by atoms with van der Waals surface area (Å²) < 4.78 is 22.5. The number of sulfone groups is 1. The predicted molar refractivity (Wildman–Crippen MR) is 52.0 cm³/mol. The van der Waals surface area contributed by atoms with Crippen LogP contribution in [-0.4, -0.2) is 77.6 Å². The molecule has 0 aliphatic carbocycles. The Hall–Kier alpha value is -0.210. The van der Waals surface area contributed by atoms with Gasteiger partial charge >= 0.3 is 0 Å². The predicted octanol–water partition coefficient (Wildman–Crippen LogP) is -2.82. The maximum Gasteiger partial charge on any atom is 0.154 e. The minimum absolute atomic E-state index is 0.0897. The van der Waals surface area contributed by atoms with E-state index in [9.17, 15) is 23.7 Å². The summed E-state index contributed by atoms with van der Waals surface area (Å²) in [5.74, 6) is -0.312. The summed E-state index contributed by atoms with van der Waals surface area (Å²) in [6, 6.07) is -0.484. The van der Waals surface area contributed by atoms with Crippen molar-refractivity contribution in [2.45, 2.75) is 24.4 Å². The first-order valence-electron chi connectivity index (χ1n) is 4.88. The monoisotopic (exact) mass is 237 g/mol. The molecule has 6 nitrogen and oxygen atoms in total. The van der Waals surface area contributed by atoms with Crippen LogP contribution >= 0.6 is 0 Å². The van der Waals surface area contributed by atoms with Crippen LogP contribution in [0.5, 0.6) is 0 Å². The van der Waals surface area contributed by atoms with E-state index < -0.39 is 34.2 Å². The van der Waals surface area contributed by atoms with Crippen molar-refractivity contribution in [3.63, 3.8) is 0 Å². The summed E-state index contributed by atoms with van der Waals surface area (Å²) in [5, 5.41) is 28.2. The lowest BCUT2D eigenvalue weighted by molar-refractivity contribution is 0.0572. The molecule has 2 rings (SSSR count). The molecule has 2 fully saturated rings. The van der Waals surface area contributed by atoms with Crippen molar-refractivity contribution in [2.24, 2.45) is 0 Å². The van der Waals surface area contributed by atoms with Gasteiger partial charge < -0.3 is 15.3 Å². The molecule has 0 bridgehead atoms. The van der Waals surface area contributed by atoms with Crippen LogP contribution in [0.25, 0.3) is 0 Å². The van der Waals surface area contributed by atoms with E-state index in [1.165, 1.54) is 0 Å². The Balaban J connectivity index is 2.07. The minimum Gasteiger partial charge on any atom is -0.390 e. The van der Waals surface area contributed by atoms with Gasteiger partial charge in [-0.05, 0) is 0 Å². The molecule has 3 N–H and O–H groups in total. The summed E-state index contributed by atoms with van der Waals surface area (Å²) in [6.45, 7) is 0.441. The van der Waals surface area contributed by atoms with E-state index in [1.807, 2.05) is 0 Å². The van der Waals surface area contributed by atoms with Gasteiger partial charge in [-0.3, -0.25) is 4.90 Å². The quantitative estimate of drug-likeness (QED) is 0.455. The molecule has 0 spiro atoms. The Morgan fingerprint density at radius 1 is 0.933 bits per heavy atom. The topological polar surface area (TPSA) is 98.1 Å². The first-order valence-corrected chi connectivity index (χ1v) is 6.70. The van der Waals surface area contributed by atoms with Crippen molar-refractivity contribution >= 4 is 9.84 Å². The van der Waals surface area contributed by atoms with Gasteiger partial charge in [0.25, 0.3) is 0 Å². The smallest absolute Gasteiger partial charge is 0.154 e. The van der Waals surface area contributed by atoms with E-state index in [0.717, 1.165) is 0 Å². The van der Waals surface area contributed by atoms with Crippen LogP contribution in [0.15, 0.2) is 0 Å². The van der Waals surface area contributed by atoms with Crippen molar-refractivity contribution in [1.82, 2.24) is 4.90 Å². The van der Waals surface area contributed by atoms with E-state index in [-0.39, 0.29) is 24.6 Å². The average Bonchev–Trinajstić information content (AvgIpc) is 2.54. The van der Waals surface area contributed by atoms with Gasteiger partial charge in [-0.1, -0.05) is 0 Å². The number of aliphatic hydroxyl groups excluding tert-OH is 3. The second kappa shape index (κ2) is 3.67. The third-order valence-electron chi connectivity index (χ3n) is 3.05. The van der Waals surface area contributed by atoms with E-state index in [2.05, 4.69) is 0 Å². The SMILES string of the molecule is O=S1(=O)CC(O)C(N2C[C@@H](O)[C@@H](O)C2)C1. The highest BCUT2D eigenvalue weighted by Gasteiger charge is 2.44. The molecule has 0 amide bonds. The van der Waals surface area contributed by atoms with Gasteiger partial charge in [0.1, 0.15) is 0 Å². The number of likely N-dealkylation sites (tertiary alicyclic amines) is 1. The standard InChI is InChI=1S/C8H15NO5S/c10-6-1-9(2-7(6)11)5-3-15(13,14)4-8(5)12/h5-8,10-12H,1-4H2/t5?,6-,7+,8?. The Bertz CT molecular complexity index is 333. The third-order valence-corrected chi connectivity index (χ3v) is 4.75. The number of β-amino-alcohol motifs (C(OH)–C–C–N with tert-alkyl or cyclic N) is 2. The summed E-state index contributed by atoms with van der Waals surface area (Å²) in [4.78, 5) is 1.64. The van der Waals surface area contributed by atoms with Crippen molar-refractivity contribution < 1.29 is 23.7 Å². The van der Waals surface area contributed by atoms with Gasteiger partial charge in [-0.2, -0.15) is 0 Å². The normalized spacial score (nSPS) is 46.1. The van der Waals surface area contributed by atoms with Crippen LogP contribution in [0.4, 0.5) is 0 Å². The first-order chi connectivity index (χ1) is 6.89. The van der Waals surface area contributed by atoms with Crippen LogP contribution in [0, 0.1) is 0 Å². The Kier molecular flexibility index (Phi) is 2.76. The Morgan fingerprint density at radius 2 is 1.47 bits per heavy atom. The van der Waals surface area contributed by atoms with Gasteiger partial charge in [0, 0.05) is 13.1 Å². The molecule has 0 aromatic heterocycles. The van der Waals surface area contributed by atoms with Gasteiger partial charge in [0.15, 0.2) is 9.84 Å². The van der Waals surface area contributed by atoms with E-state index >= 15 is 0 Å². The number of nitrogens with zero attached hydrogens (tertiary/aromatic N) is 1. The zero-order valence-electron chi connectivity index (χ0n) is 8.15. The van der Waals surface area contributed by atoms with Crippen LogP contribution < -0.4 is 0 Å². The summed E-state index contributed by atoms with van der Waals surface area (Å²) >= 11 is 0. The maximum absolute atomic E-state index is 11.3. The molecule has 4 atom stereocenters. The molecule has 2 saturated heterocycles. The molecule has 0 saturated carbocycles. The fraction of sp³-hybridized carbons (Fsp3) is 1.00. The molecular weight excluding hydrogens is 222 g/mol. The minimum atomic E-state index is -3.17. The van der Waals surface area contributed by atoms with Crippen molar-refractivity contribution in [3.05, 3.63) is 0 Å². The zero-order chi connectivity index (χ0) is 11.2. The van der Waals surface area contributed by atoms with E-state index in [0.29, 0.717) is 0 Å². The molecule has 15 heavy (non-hydrogen) atoms. The number of rotatable bonds is 1. The molecule has 0 aromatic rings. The molecule has 2 aliphatic heterocycles. The third kappa shape index (κ3) is 2.16. The van der Waals surface area contributed by atoms with Crippen LogP contribution in [0.2, 0.25) is 0 Å². The fourth-order valence-corrected chi connectivity index (χ4v) is 4.06. The lowest BCUT2D eigenvalue weighted by Crippen LogP contribution is -2.42. The van der Waals surface area contributed by atoms with Gasteiger partial charge in [-0.25, -0.2) is 8.42 Å². The number of hydrogen-bond acceptors (Lipinski definition) is 6. The highest BCUT2D eigenvalue weighted by atomic mass is 32.2. The average molecular weight is 237 g/mol. The van der Waals surface area contributed by atoms with E-state index in [4.69, 9.17) is 0 Å². The lowest BCUT2D eigenvalue weighted by Gasteiger charge is -2.24. The first kappa shape index (κ1) is 11.3. The van der Waals surface area contributed by atoms with Crippen LogP contribution in [0.1, 0.15) is 0 Å². The molecule has 2 aliphatic rings. The Labute approximate surface area is 88.1 Å².